The fourth-order valence-corrected chi connectivity index (χ4v) is 1.77. The summed E-state index contributed by atoms with van der Waals surface area (Å²) in [6, 6.07) is 15.1. The first-order chi connectivity index (χ1) is 9.19. The molecule has 1 radical (unpaired) electrons. The van der Waals surface area contributed by atoms with Gasteiger partial charge in [-0.05, 0) is 18.2 Å². The number of halogens is 1. The Bertz CT molecular complexity index is 573. The zero-order valence-corrected chi connectivity index (χ0v) is 14.5. The summed E-state index contributed by atoms with van der Waals surface area (Å²) in [6.07, 6.45) is 0.116. The quantitative estimate of drug-likeness (QED) is 0.614. The number of methoxy groups -OCH3 is 1. The van der Waals surface area contributed by atoms with Crippen molar-refractivity contribution in [2.45, 2.75) is 6.42 Å². The van der Waals surface area contributed by atoms with Crippen LogP contribution in [0.1, 0.15) is 5.56 Å². The van der Waals surface area contributed by atoms with Gasteiger partial charge in [0.1, 0.15) is 5.75 Å². The zero-order valence-electron chi connectivity index (χ0n) is 10.9. The summed E-state index contributed by atoms with van der Waals surface area (Å²) in [4.78, 5) is 11.4. The summed E-state index contributed by atoms with van der Waals surface area (Å²) in [5.41, 5.74) is 0.687. The minimum Gasteiger partial charge on any atom is -0.483 e. The fourth-order valence-electron chi connectivity index (χ4n) is 1.58. The van der Waals surface area contributed by atoms with Gasteiger partial charge < -0.3 is 9.47 Å². The van der Waals surface area contributed by atoms with Crippen molar-refractivity contribution in [2.24, 2.45) is 0 Å². The van der Waals surface area contributed by atoms with E-state index < -0.39 is 0 Å². The summed E-state index contributed by atoms with van der Waals surface area (Å²) in [5, 5.41) is 0.549. The average Bonchev–Trinajstić information content (AvgIpc) is 2.43. The van der Waals surface area contributed by atoms with Crippen molar-refractivity contribution in [1.82, 2.24) is 0 Å². The molecular formula is C15H12ClO3Y-. The standard InChI is InChI=1S/C15H12ClO3.Y/c1-18-15(17)10-11-9-12(16)7-8-14(11)19-13-5-3-2-4-6-13;/h3-9H,10H2,1H3;/q-1;. The molecule has 0 fully saturated rings. The van der Waals surface area contributed by atoms with E-state index in [1.807, 2.05) is 0 Å². The summed E-state index contributed by atoms with van der Waals surface area (Å²) in [6.45, 7) is 0. The third-order valence-corrected chi connectivity index (χ3v) is 2.74. The Morgan fingerprint density at radius 1 is 1.25 bits per heavy atom. The molecule has 0 saturated carbocycles. The summed E-state index contributed by atoms with van der Waals surface area (Å²) >= 11 is 5.93. The molecule has 0 aliphatic carbocycles. The molecule has 2 aromatic rings. The number of ether oxygens (including phenoxy) is 2. The maximum Gasteiger partial charge on any atom is 0.310 e. The van der Waals surface area contributed by atoms with Crippen molar-refractivity contribution in [3.05, 3.63) is 59.1 Å². The Balaban J connectivity index is 0.00000200. The van der Waals surface area contributed by atoms with Crippen LogP contribution in [0.15, 0.2) is 42.5 Å². The van der Waals surface area contributed by atoms with Crippen molar-refractivity contribution in [3.8, 4) is 11.5 Å². The molecule has 0 bridgehead atoms. The smallest absolute Gasteiger partial charge is 0.310 e. The third-order valence-electron chi connectivity index (χ3n) is 2.50. The number of benzene rings is 2. The van der Waals surface area contributed by atoms with E-state index in [4.69, 9.17) is 16.3 Å². The van der Waals surface area contributed by atoms with Crippen LogP contribution in [0.4, 0.5) is 0 Å². The predicted octanol–water partition coefficient (Wildman–Crippen LogP) is 3.65. The Labute approximate surface area is 148 Å². The predicted molar refractivity (Wildman–Crippen MR) is 72.5 cm³/mol. The second kappa shape index (κ2) is 8.40. The van der Waals surface area contributed by atoms with E-state index in [2.05, 4.69) is 10.8 Å². The van der Waals surface area contributed by atoms with Gasteiger partial charge in [0.15, 0.2) is 0 Å². The molecule has 0 N–H and O–H groups in total. The molecule has 0 atom stereocenters. The van der Waals surface area contributed by atoms with Crippen LogP contribution in [0, 0.1) is 6.07 Å². The van der Waals surface area contributed by atoms with Crippen molar-refractivity contribution in [2.75, 3.05) is 7.11 Å². The van der Waals surface area contributed by atoms with Crippen LogP contribution in [-0.2, 0) is 48.7 Å². The molecule has 0 spiro atoms. The molecule has 0 aliphatic rings. The molecule has 101 valence electrons. The van der Waals surface area contributed by atoms with Gasteiger partial charge >= 0.3 is 5.97 Å². The van der Waals surface area contributed by atoms with Gasteiger partial charge in [0.05, 0.1) is 13.5 Å². The Hall–Kier alpha value is -0.896. The zero-order chi connectivity index (χ0) is 13.7. The van der Waals surface area contributed by atoms with Crippen LogP contribution in [0.5, 0.6) is 11.5 Å². The average molecular weight is 365 g/mol. The number of rotatable bonds is 4. The van der Waals surface area contributed by atoms with Crippen molar-refractivity contribution in [3.63, 3.8) is 0 Å². The molecule has 0 aromatic heterocycles. The van der Waals surface area contributed by atoms with Crippen LogP contribution in [-0.4, -0.2) is 13.1 Å². The molecule has 2 aromatic carbocycles. The van der Waals surface area contributed by atoms with Crippen molar-refractivity contribution in [1.29, 1.82) is 0 Å². The largest absolute Gasteiger partial charge is 0.483 e. The molecule has 2 rings (SSSR count). The maximum atomic E-state index is 11.4. The minimum absolute atomic E-state index is 0. The molecule has 5 heteroatoms. The molecule has 0 saturated heterocycles. The van der Waals surface area contributed by atoms with E-state index >= 15 is 0 Å². The Morgan fingerprint density at radius 3 is 2.60 bits per heavy atom. The number of esters is 1. The van der Waals surface area contributed by atoms with Gasteiger partial charge in [-0.2, -0.15) is 18.2 Å². The van der Waals surface area contributed by atoms with Gasteiger partial charge in [-0.1, -0.05) is 11.6 Å². The Morgan fingerprint density at radius 2 is 1.95 bits per heavy atom. The number of hydrogen-bond donors (Lipinski definition) is 0. The summed E-state index contributed by atoms with van der Waals surface area (Å²) in [5.74, 6) is 0.918. The van der Waals surface area contributed by atoms with Crippen LogP contribution in [0.3, 0.4) is 0 Å². The van der Waals surface area contributed by atoms with Crippen LogP contribution in [0.2, 0.25) is 5.02 Å². The van der Waals surface area contributed by atoms with Gasteiger partial charge in [0.2, 0.25) is 0 Å². The first kappa shape index (κ1) is 17.2. The molecule has 3 nitrogen and oxygen atoms in total. The van der Waals surface area contributed by atoms with E-state index in [9.17, 15) is 4.79 Å². The van der Waals surface area contributed by atoms with Crippen LogP contribution >= 0.6 is 11.6 Å². The molecule has 0 amide bonds. The minimum atomic E-state index is -0.339. The molecule has 0 unspecified atom stereocenters. The first-order valence-corrected chi connectivity index (χ1v) is 6.06. The second-order valence-electron chi connectivity index (χ2n) is 3.84. The normalized spacial score (nSPS) is 9.50. The topological polar surface area (TPSA) is 35.5 Å². The van der Waals surface area contributed by atoms with Crippen molar-refractivity contribution >= 4 is 17.6 Å². The monoisotopic (exact) mass is 364 g/mol. The molecule has 0 heterocycles. The van der Waals surface area contributed by atoms with Gasteiger partial charge in [0, 0.05) is 49.0 Å². The third kappa shape index (κ3) is 4.89. The van der Waals surface area contributed by atoms with E-state index in [-0.39, 0.29) is 45.1 Å². The van der Waals surface area contributed by atoms with Crippen molar-refractivity contribution < 1.29 is 47.0 Å². The SMILES string of the molecule is COC(=O)Cc1cc(Cl)ccc1Oc1cc[c-]cc1.[Y]. The van der Waals surface area contributed by atoms with Gasteiger partial charge in [0.25, 0.3) is 0 Å². The maximum absolute atomic E-state index is 11.4. The van der Waals surface area contributed by atoms with E-state index in [1.54, 1.807) is 42.5 Å². The van der Waals surface area contributed by atoms with Crippen LogP contribution in [0.25, 0.3) is 0 Å². The van der Waals surface area contributed by atoms with Gasteiger partial charge in [-0.3, -0.25) is 4.79 Å². The fraction of sp³-hybridized carbons (Fsp3) is 0.133. The van der Waals surface area contributed by atoms with E-state index in [0.29, 0.717) is 22.1 Å². The number of carbonyl (C=O) groups is 1. The van der Waals surface area contributed by atoms with E-state index in [0.717, 1.165) is 0 Å². The first-order valence-electron chi connectivity index (χ1n) is 5.68. The molecule has 20 heavy (non-hydrogen) atoms. The van der Waals surface area contributed by atoms with Gasteiger partial charge in [-0.25, -0.2) is 0 Å². The van der Waals surface area contributed by atoms with Crippen LogP contribution < -0.4 is 4.74 Å². The summed E-state index contributed by atoms with van der Waals surface area (Å²) in [7, 11) is 1.35. The molecule has 0 aliphatic heterocycles. The Kier molecular flexibility index (Phi) is 7.21. The summed E-state index contributed by atoms with van der Waals surface area (Å²) < 4.78 is 10.4. The number of carbonyl (C=O) groups excluding carboxylic acids is 1. The van der Waals surface area contributed by atoms with E-state index in [1.165, 1.54) is 7.11 Å². The van der Waals surface area contributed by atoms with Gasteiger partial charge in [-0.15, -0.1) is 12.1 Å². The number of hydrogen-bond acceptors (Lipinski definition) is 3. The molecular weight excluding hydrogens is 353 g/mol. The second-order valence-corrected chi connectivity index (χ2v) is 4.28.